The summed E-state index contributed by atoms with van der Waals surface area (Å²) in [5.74, 6) is -0.580. The van der Waals surface area contributed by atoms with Gasteiger partial charge in [0.25, 0.3) is 0 Å². The number of aliphatic hydroxyl groups is 4. The van der Waals surface area contributed by atoms with E-state index in [9.17, 15) is 25.2 Å². The predicted octanol–water partition coefficient (Wildman–Crippen LogP) is 11.6. The van der Waals surface area contributed by atoms with E-state index in [4.69, 9.17) is 0 Å². The van der Waals surface area contributed by atoms with Crippen LogP contribution in [0.2, 0.25) is 0 Å². The first-order valence-corrected chi connectivity index (χ1v) is 22.4. The van der Waals surface area contributed by atoms with Gasteiger partial charge in [0.2, 0.25) is 5.91 Å². The van der Waals surface area contributed by atoms with Crippen LogP contribution in [0.25, 0.3) is 0 Å². The number of unbranched alkanes of at least 4 members (excludes halogenated alkanes) is 32. The van der Waals surface area contributed by atoms with Gasteiger partial charge in [0, 0.05) is 0 Å². The maximum Gasteiger partial charge on any atom is 0.249 e. The topological polar surface area (TPSA) is 110 Å². The van der Waals surface area contributed by atoms with E-state index in [2.05, 4.69) is 19.2 Å². The third-order valence-electron chi connectivity index (χ3n) is 10.8. The predicted molar refractivity (Wildman–Crippen MR) is 215 cm³/mol. The number of nitrogens with one attached hydrogen (secondary N) is 1. The number of aliphatic hydroxyl groups excluding tert-OH is 4. The van der Waals surface area contributed by atoms with Gasteiger partial charge in [-0.2, -0.15) is 0 Å². The van der Waals surface area contributed by atoms with Gasteiger partial charge in [-0.3, -0.25) is 4.79 Å². The standard InChI is InChI=1S/C44H89NO5/c1-3-5-7-9-11-13-15-17-18-19-20-21-22-23-24-26-27-29-31-33-35-37-41(47)43(49)40(39-46)45-44(50)42(48)38-36-34-32-30-28-25-16-14-12-10-8-6-4-2/h40-43,46-49H,3-39H2,1-2H3,(H,45,50). The first-order valence-electron chi connectivity index (χ1n) is 22.4. The minimum atomic E-state index is -1.25. The number of hydrogen-bond donors (Lipinski definition) is 5. The summed E-state index contributed by atoms with van der Waals surface area (Å²) < 4.78 is 0. The molecular formula is C44H89NO5. The van der Waals surface area contributed by atoms with Gasteiger partial charge in [0.15, 0.2) is 0 Å². The van der Waals surface area contributed by atoms with Crippen molar-refractivity contribution in [3.05, 3.63) is 0 Å². The molecule has 50 heavy (non-hydrogen) atoms. The second-order valence-electron chi connectivity index (χ2n) is 15.8. The fourth-order valence-electron chi connectivity index (χ4n) is 7.23. The summed E-state index contributed by atoms with van der Waals surface area (Å²) in [4.78, 5) is 12.5. The molecular weight excluding hydrogens is 622 g/mol. The highest BCUT2D eigenvalue weighted by atomic mass is 16.3. The fourth-order valence-corrected chi connectivity index (χ4v) is 7.23. The zero-order valence-electron chi connectivity index (χ0n) is 33.7. The van der Waals surface area contributed by atoms with Crippen molar-refractivity contribution in [2.45, 2.75) is 269 Å². The Balaban J connectivity index is 3.67. The monoisotopic (exact) mass is 712 g/mol. The zero-order chi connectivity index (χ0) is 36.8. The van der Waals surface area contributed by atoms with Crippen molar-refractivity contribution < 1.29 is 25.2 Å². The molecule has 0 spiro atoms. The molecule has 0 aromatic carbocycles. The molecule has 0 aliphatic carbocycles. The summed E-state index contributed by atoms with van der Waals surface area (Å²) in [6.45, 7) is 4.06. The van der Waals surface area contributed by atoms with E-state index in [1.165, 1.54) is 180 Å². The zero-order valence-corrected chi connectivity index (χ0v) is 33.7. The van der Waals surface area contributed by atoms with Crippen molar-refractivity contribution in [3.8, 4) is 0 Å². The van der Waals surface area contributed by atoms with Gasteiger partial charge >= 0.3 is 0 Å². The lowest BCUT2D eigenvalue weighted by molar-refractivity contribution is -0.132. The number of hydrogen-bond acceptors (Lipinski definition) is 5. The highest BCUT2D eigenvalue weighted by molar-refractivity contribution is 5.80. The fraction of sp³-hybridized carbons (Fsp3) is 0.977. The Bertz CT molecular complexity index is 677. The summed E-state index contributed by atoms with van der Waals surface area (Å²) in [6, 6.07) is -0.978. The van der Waals surface area contributed by atoms with Crippen LogP contribution in [0.4, 0.5) is 0 Å². The van der Waals surface area contributed by atoms with Crippen LogP contribution in [0, 0.1) is 0 Å². The molecule has 0 saturated heterocycles. The van der Waals surface area contributed by atoms with Gasteiger partial charge in [0.05, 0.1) is 18.8 Å². The number of rotatable bonds is 41. The summed E-state index contributed by atoms with van der Waals surface area (Å²) in [5.41, 5.74) is 0. The minimum Gasteiger partial charge on any atom is -0.394 e. The molecule has 6 heteroatoms. The van der Waals surface area contributed by atoms with Crippen LogP contribution in [0.1, 0.15) is 245 Å². The van der Waals surface area contributed by atoms with Gasteiger partial charge in [0.1, 0.15) is 12.2 Å². The van der Waals surface area contributed by atoms with Crippen molar-refractivity contribution in [2.75, 3.05) is 6.61 Å². The molecule has 1 amide bonds. The molecule has 5 N–H and O–H groups in total. The Morgan fingerprint density at radius 1 is 0.420 bits per heavy atom. The SMILES string of the molecule is CCCCCCCCCCCCCCCCCCCCCCCC(O)C(O)C(CO)NC(=O)C(O)CCCCCCCCCCCCCCC. The highest BCUT2D eigenvalue weighted by Gasteiger charge is 2.28. The van der Waals surface area contributed by atoms with Crippen molar-refractivity contribution in [1.29, 1.82) is 0 Å². The average Bonchev–Trinajstić information content (AvgIpc) is 3.12. The van der Waals surface area contributed by atoms with Gasteiger partial charge in [-0.25, -0.2) is 0 Å². The highest BCUT2D eigenvalue weighted by Crippen LogP contribution is 2.17. The molecule has 0 bridgehead atoms. The third-order valence-corrected chi connectivity index (χ3v) is 10.8. The van der Waals surface area contributed by atoms with Gasteiger partial charge in [-0.05, 0) is 12.8 Å². The molecule has 6 nitrogen and oxygen atoms in total. The molecule has 0 aliphatic rings. The van der Waals surface area contributed by atoms with Crippen molar-refractivity contribution in [1.82, 2.24) is 5.32 Å². The largest absolute Gasteiger partial charge is 0.394 e. The van der Waals surface area contributed by atoms with Crippen molar-refractivity contribution in [3.63, 3.8) is 0 Å². The first-order chi connectivity index (χ1) is 24.5. The summed E-state index contributed by atoms with van der Waals surface area (Å²) >= 11 is 0. The van der Waals surface area contributed by atoms with Gasteiger partial charge in [-0.1, -0.05) is 232 Å². The molecule has 0 fully saturated rings. The van der Waals surface area contributed by atoms with Crippen LogP contribution < -0.4 is 5.32 Å². The molecule has 300 valence electrons. The third kappa shape index (κ3) is 33.2. The van der Waals surface area contributed by atoms with E-state index in [1.807, 2.05) is 0 Å². The van der Waals surface area contributed by atoms with Crippen LogP contribution in [0.5, 0.6) is 0 Å². The molecule has 0 heterocycles. The van der Waals surface area contributed by atoms with Crippen LogP contribution in [-0.2, 0) is 4.79 Å². The maximum absolute atomic E-state index is 12.5. The molecule has 4 unspecified atom stereocenters. The molecule has 0 aromatic heterocycles. The van der Waals surface area contributed by atoms with Crippen LogP contribution in [0.15, 0.2) is 0 Å². The van der Waals surface area contributed by atoms with Gasteiger partial charge < -0.3 is 25.7 Å². The smallest absolute Gasteiger partial charge is 0.249 e. The van der Waals surface area contributed by atoms with Crippen molar-refractivity contribution in [2.24, 2.45) is 0 Å². The maximum atomic E-state index is 12.5. The lowest BCUT2D eigenvalue weighted by Crippen LogP contribution is -2.53. The van der Waals surface area contributed by atoms with E-state index >= 15 is 0 Å². The average molecular weight is 712 g/mol. The van der Waals surface area contributed by atoms with Crippen LogP contribution >= 0.6 is 0 Å². The molecule has 0 saturated carbocycles. The van der Waals surface area contributed by atoms with E-state index in [0.717, 1.165) is 38.5 Å². The molecule has 0 radical (unpaired) electrons. The van der Waals surface area contributed by atoms with Crippen molar-refractivity contribution >= 4 is 5.91 Å². The van der Waals surface area contributed by atoms with E-state index in [-0.39, 0.29) is 0 Å². The Morgan fingerprint density at radius 2 is 0.680 bits per heavy atom. The normalized spacial score (nSPS) is 14.1. The number of amides is 1. The quantitative estimate of drug-likeness (QED) is 0.0406. The Hall–Kier alpha value is -0.690. The summed E-state index contributed by atoms with van der Waals surface area (Å²) in [6.07, 6.45) is 41.3. The molecule has 0 aromatic rings. The summed E-state index contributed by atoms with van der Waals surface area (Å²) in [5, 5.41) is 43.7. The second kappa shape index (κ2) is 39.5. The second-order valence-corrected chi connectivity index (χ2v) is 15.8. The van der Waals surface area contributed by atoms with Crippen LogP contribution in [-0.4, -0.2) is 57.3 Å². The van der Waals surface area contributed by atoms with Crippen LogP contribution in [0.3, 0.4) is 0 Å². The molecule has 4 atom stereocenters. The van der Waals surface area contributed by atoms with Gasteiger partial charge in [-0.15, -0.1) is 0 Å². The minimum absolute atomic E-state index is 0.375. The molecule has 0 rings (SSSR count). The van der Waals surface area contributed by atoms with E-state index in [1.54, 1.807) is 0 Å². The summed E-state index contributed by atoms with van der Waals surface area (Å²) in [7, 11) is 0. The number of carbonyl (C=O) groups excluding carboxylic acids is 1. The van der Waals surface area contributed by atoms with E-state index in [0.29, 0.717) is 12.8 Å². The Labute approximate surface area is 311 Å². The lowest BCUT2D eigenvalue weighted by Gasteiger charge is -2.27. The molecule has 0 aliphatic heterocycles. The Kier molecular flexibility index (Phi) is 39.0. The lowest BCUT2D eigenvalue weighted by atomic mass is 9.99. The number of carbonyl (C=O) groups is 1. The first kappa shape index (κ1) is 49.3. The Morgan fingerprint density at radius 3 is 0.960 bits per heavy atom. The van der Waals surface area contributed by atoms with E-state index < -0.39 is 36.9 Å².